The van der Waals surface area contributed by atoms with E-state index in [2.05, 4.69) is 0 Å². The number of carboxylic acids is 2. The second kappa shape index (κ2) is 7.96. The van der Waals surface area contributed by atoms with E-state index in [9.17, 15) is 9.59 Å². The molecule has 0 radical (unpaired) electrons. The molecule has 0 saturated heterocycles. The Hall–Kier alpha value is 0.340. The zero-order chi connectivity index (χ0) is 9.40. The largest absolute Gasteiger partial charge is 0.481 e. The van der Waals surface area contributed by atoms with E-state index in [1.165, 1.54) is 41.2 Å². The van der Waals surface area contributed by atoms with Crippen LogP contribution in [0.25, 0.3) is 0 Å². The van der Waals surface area contributed by atoms with Gasteiger partial charge in [-0.1, -0.05) is 21.6 Å². The molecular formula is C4H6O4S4. The van der Waals surface area contributed by atoms with Crippen molar-refractivity contribution < 1.29 is 19.8 Å². The Morgan fingerprint density at radius 3 is 1.50 bits per heavy atom. The summed E-state index contributed by atoms with van der Waals surface area (Å²) in [7, 11) is 4.91. The van der Waals surface area contributed by atoms with E-state index in [1.54, 1.807) is 0 Å². The van der Waals surface area contributed by atoms with Gasteiger partial charge in [-0.2, -0.15) is 0 Å². The average molecular weight is 246 g/mol. The van der Waals surface area contributed by atoms with Crippen LogP contribution >= 0.6 is 41.2 Å². The van der Waals surface area contributed by atoms with Crippen LogP contribution in [-0.4, -0.2) is 33.7 Å². The second-order valence-corrected chi connectivity index (χ2v) is 7.45. The summed E-state index contributed by atoms with van der Waals surface area (Å²) in [6.45, 7) is 0. The third-order valence-electron chi connectivity index (χ3n) is 0.489. The highest BCUT2D eigenvalue weighted by atomic mass is 33.7. The molecule has 0 aromatic heterocycles. The summed E-state index contributed by atoms with van der Waals surface area (Å²) in [6.07, 6.45) is 0. The van der Waals surface area contributed by atoms with Gasteiger partial charge in [0.05, 0.1) is 0 Å². The van der Waals surface area contributed by atoms with Crippen LogP contribution in [0.2, 0.25) is 0 Å². The van der Waals surface area contributed by atoms with E-state index in [-0.39, 0.29) is 11.5 Å². The van der Waals surface area contributed by atoms with Gasteiger partial charge in [-0.25, -0.2) is 0 Å². The topological polar surface area (TPSA) is 74.6 Å². The number of carbonyl (C=O) groups is 2. The van der Waals surface area contributed by atoms with Crippen LogP contribution in [-0.2, 0) is 9.59 Å². The monoisotopic (exact) mass is 246 g/mol. The SMILES string of the molecule is O=C(O)CSSSSCC(=O)O. The Morgan fingerprint density at radius 1 is 0.917 bits per heavy atom. The zero-order valence-electron chi connectivity index (χ0n) is 5.76. The fourth-order valence-corrected chi connectivity index (χ4v) is 5.39. The number of hydrogen-bond donors (Lipinski definition) is 2. The molecule has 0 heterocycles. The van der Waals surface area contributed by atoms with Crippen molar-refractivity contribution in [1.29, 1.82) is 0 Å². The summed E-state index contributed by atoms with van der Waals surface area (Å²) in [5.74, 6) is -1.66. The molecule has 0 aliphatic carbocycles. The fourth-order valence-electron chi connectivity index (χ4n) is 0.188. The quantitative estimate of drug-likeness (QED) is 0.520. The van der Waals surface area contributed by atoms with E-state index < -0.39 is 11.9 Å². The van der Waals surface area contributed by atoms with Gasteiger partial charge in [0.25, 0.3) is 0 Å². The van der Waals surface area contributed by atoms with Gasteiger partial charge in [0.15, 0.2) is 0 Å². The Kier molecular flexibility index (Phi) is 8.19. The van der Waals surface area contributed by atoms with Crippen LogP contribution in [0, 0.1) is 0 Å². The Labute approximate surface area is 84.4 Å². The second-order valence-electron chi connectivity index (χ2n) is 1.45. The lowest BCUT2D eigenvalue weighted by molar-refractivity contribution is -0.134. The van der Waals surface area contributed by atoms with Crippen molar-refractivity contribution >= 4 is 53.2 Å². The molecule has 0 unspecified atom stereocenters. The molecule has 0 amide bonds. The molecule has 2 N–H and O–H groups in total. The molecule has 8 heteroatoms. The van der Waals surface area contributed by atoms with E-state index in [0.29, 0.717) is 0 Å². The van der Waals surface area contributed by atoms with Crippen molar-refractivity contribution in [2.75, 3.05) is 11.5 Å². The first kappa shape index (κ1) is 12.3. The van der Waals surface area contributed by atoms with Crippen molar-refractivity contribution in [3.8, 4) is 0 Å². The van der Waals surface area contributed by atoms with Crippen LogP contribution in [0.4, 0.5) is 0 Å². The Morgan fingerprint density at radius 2 is 1.25 bits per heavy atom. The van der Waals surface area contributed by atoms with Crippen LogP contribution in [0.3, 0.4) is 0 Å². The number of hydrogen-bond acceptors (Lipinski definition) is 6. The van der Waals surface area contributed by atoms with E-state index >= 15 is 0 Å². The summed E-state index contributed by atoms with van der Waals surface area (Å²) in [5.41, 5.74) is 0. The molecule has 0 aliphatic rings. The van der Waals surface area contributed by atoms with E-state index in [4.69, 9.17) is 10.2 Å². The molecule has 0 rings (SSSR count). The number of rotatable bonds is 7. The fraction of sp³-hybridized carbons (Fsp3) is 0.500. The van der Waals surface area contributed by atoms with E-state index in [0.717, 1.165) is 0 Å². The smallest absolute Gasteiger partial charge is 0.314 e. The molecule has 0 bridgehead atoms. The van der Waals surface area contributed by atoms with Crippen molar-refractivity contribution in [2.24, 2.45) is 0 Å². The number of carboxylic acid groups (broad SMARTS) is 2. The molecule has 70 valence electrons. The Balaban J connectivity index is 3.01. The Bertz CT molecular complexity index is 143. The maximum Gasteiger partial charge on any atom is 0.314 e. The molecule has 0 saturated carbocycles. The molecule has 0 aliphatic heterocycles. The minimum atomic E-state index is -0.865. The maximum atomic E-state index is 10.00. The first-order valence-corrected chi connectivity index (χ1v) is 7.79. The van der Waals surface area contributed by atoms with Gasteiger partial charge in [0.2, 0.25) is 0 Å². The van der Waals surface area contributed by atoms with Crippen molar-refractivity contribution in [2.45, 2.75) is 0 Å². The lowest BCUT2D eigenvalue weighted by atomic mass is 10.8. The number of aliphatic carboxylic acids is 2. The summed E-state index contributed by atoms with van der Waals surface area (Å²) in [6, 6.07) is 0. The van der Waals surface area contributed by atoms with E-state index in [1.807, 2.05) is 0 Å². The molecule has 0 spiro atoms. The van der Waals surface area contributed by atoms with Gasteiger partial charge in [-0.05, 0) is 19.7 Å². The first-order valence-electron chi connectivity index (χ1n) is 2.64. The van der Waals surface area contributed by atoms with Gasteiger partial charge in [0, 0.05) is 0 Å². The third kappa shape index (κ3) is 10.3. The van der Waals surface area contributed by atoms with Crippen molar-refractivity contribution in [3.05, 3.63) is 0 Å². The zero-order valence-corrected chi connectivity index (χ0v) is 9.02. The predicted octanol–water partition coefficient (Wildman–Crippen LogP) is 1.83. The standard InChI is InChI=1S/C4H6O4S4/c5-3(6)1-9-11-12-10-2-4(7)8/h1-2H2,(H,5,6)(H,7,8). The van der Waals surface area contributed by atoms with Gasteiger partial charge >= 0.3 is 11.9 Å². The molecule has 0 aromatic rings. The molecule has 0 fully saturated rings. The van der Waals surface area contributed by atoms with Crippen LogP contribution in [0.15, 0.2) is 0 Å². The minimum absolute atomic E-state index is 0.0330. The average Bonchev–Trinajstić information content (AvgIpc) is 1.95. The minimum Gasteiger partial charge on any atom is -0.481 e. The van der Waals surface area contributed by atoms with Crippen molar-refractivity contribution in [3.63, 3.8) is 0 Å². The van der Waals surface area contributed by atoms with Crippen LogP contribution in [0.1, 0.15) is 0 Å². The predicted molar refractivity (Wildman–Crippen MR) is 55.4 cm³/mol. The highest BCUT2D eigenvalue weighted by Crippen LogP contribution is 2.42. The van der Waals surface area contributed by atoms with Crippen molar-refractivity contribution in [1.82, 2.24) is 0 Å². The normalized spacial score (nSPS) is 9.67. The molecule has 0 atom stereocenters. The maximum absolute atomic E-state index is 10.00. The summed E-state index contributed by atoms with van der Waals surface area (Å²) in [4.78, 5) is 20.0. The molecular weight excluding hydrogens is 240 g/mol. The highest BCUT2D eigenvalue weighted by molar-refractivity contribution is 9.26. The van der Waals surface area contributed by atoms with Gasteiger partial charge in [-0.15, -0.1) is 0 Å². The lowest BCUT2D eigenvalue weighted by Gasteiger charge is -1.94. The highest BCUT2D eigenvalue weighted by Gasteiger charge is 2.00. The van der Waals surface area contributed by atoms with Gasteiger partial charge < -0.3 is 10.2 Å². The molecule has 4 nitrogen and oxygen atoms in total. The lowest BCUT2D eigenvalue weighted by Crippen LogP contribution is -1.96. The summed E-state index contributed by atoms with van der Waals surface area (Å²) < 4.78 is 0. The summed E-state index contributed by atoms with van der Waals surface area (Å²) in [5, 5.41) is 16.4. The molecule has 12 heavy (non-hydrogen) atoms. The summed E-state index contributed by atoms with van der Waals surface area (Å²) >= 11 is 0. The van der Waals surface area contributed by atoms with Crippen LogP contribution < -0.4 is 0 Å². The molecule has 0 aromatic carbocycles. The van der Waals surface area contributed by atoms with Gasteiger partial charge in [-0.3, -0.25) is 9.59 Å². The van der Waals surface area contributed by atoms with Crippen LogP contribution in [0.5, 0.6) is 0 Å². The first-order chi connectivity index (χ1) is 5.63. The third-order valence-corrected chi connectivity index (χ3v) is 6.65. The van der Waals surface area contributed by atoms with Gasteiger partial charge in [0.1, 0.15) is 11.5 Å².